The monoisotopic (exact) mass is 296 g/mol. The van der Waals surface area contributed by atoms with E-state index in [-0.39, 0.29) is 11.0 Å². The van der Waals surface area contributed by atoms with Crippen LogP contribution in [0.1, 0.15) is 39.3 Å². The molecule has 2 heterocycles. The first kappa shape index (κ1) is 13.0. The van der Waals surface area contributed by atoms with Gasteiger partial charge in [0.05, 0.1) is 0 Å². The summed E-state index contributed by atoms with van der Waals surface area (Å²) in [7, 11) is 0. The van der Waals surface area contributed by atoms with E-state index in [1.165, 1.54) is 18.5 Å². The van der Waals surface area contributed by atoms with Gasteiger partial charge in [0.15, 0.2) is 0 Å². The SMILES string of the molecule is CC(C)(C)C1(Cc2ccc(Br)cn2)CCCN1. The van der Waals surface area contributed by atoms with Gasteiger partial charge in [-0.15, -0.1) is 0 Å². The van der Waals surface area contributed by atoms with Crippen molar-refractivity contribution >= 4 is 15.9 Å². The fraction of sp³-hybridized carbons (Fsp3) is 0.643. The van der Waals surface area contributed by atoms with Crippen molar-refractivity contribution in [2.75, 3.05) is 6.54 Å². The Hall–Kier alpha value is -0.410. The molecule has 2 nitrogen and oxygen atoms in total. The molecule has 17 heavy (non-hydrogen) atoms. The van der Waals surface area contributed by atoms with E-state index >= 15 is 0 Å². The highest BCUT2D eigenvalue weighted by atomic mass is 79.9. The molecule has 1 aromatic rings. The van der Waals surface area contributed by atoms with E-state index in [2.05, 4.69) is 59.1 Å². The lowest BCUT2D eigenvalue weighted by atomic mass is 9.70. The number of hydrogen-bond acceptors (Lipinski definition) is 2. The minimum Gasteiger partial charge on any atom is -0.310 e. The second-order valence-corrected chi connectivity index (χ2v) is 6.92. The molecule has 1 atom stereocenters. The van der Waals surface area contributed by atoms with Crippen LogP contribution in [0.3, 0.4) is 0 Å². The lowest BCUT2D eigenvalue weighted by Gasteiger charge is -2.42. The second-order valence-electron chi connectivity index (χ2n) is 6.01. The predicted molar refractivity (Wildman–Crippen MR) is 75.1 cm³/mol. The number of pyridine rings is 1. The molecule has 2 rings (SSSR count). The van der Waals surface area contributed by atoms with E-state index in [0.29, 0.717) is 0 Å². The molecule has 1 unspecified atom stereocenters. The first-order valence-corrected chi connectivity index (χ1v) is 7.08. The van der Waals surface area contributed by atoms with Gasteiger partial charge in [0, 0.05) is 28.3 Å². The van der Waals surface area contributed by atoms with Gasteiger partial charge < -0.3 is 5.32 Å². The summed E-state index contributed by atoms with van der Waals surface area (Å²) in [6, 6.07) is 4.20. The fourth-order valence-corrected chi connectivity index (χ4v) is 2.92. The molecule has 0 saturated carbocycles. The van der Waals surface area contributed by atoms with Crippen LogP contribution < -0.4 is 5.32 Å². The first-order valence-electron chi connectivity index (χ1n) is 6.28. The Bertz CT molecular complexity index is 372. The van der Waals surface area contributed by atoms with E-state index in [0.717, 1.165) is 17.4 Å². The molecule has 94 valence electrons. The Morgan fingerprint density at radius 2 is 2.18 bits per heavy atom. The van der Waals surface area contributed by atoms with Crippen LogP contribution in [0.15, 0.2) is 22.8 Å². The largest absolute Gasteiger partial charge is 0.310 e. The van der Waals surface area contributed by atoms with Crippen molar-refractivity contribution in [3.63, 3.8) is 0 Å². The standard InChI is InChI=1S/C14H21BrN2/c1-13(2,3)14(7-4-8-17-14)9-12-6-5-11(15)10-16-12/h5-6,10,17H,4,7-9H2,1-3H3. The molecule has 0 aromatic carbocycles. The molecule has 3 heteroatoms. The van der Waals surface area contributed by atoms with E-state index in [4.69, 9.17) is 0 Å². The molecule has 1 aromatic heterocycles. The van der Waals surface area contributed by atoms with Crippen molar-refractivity contribution in [1.82, 2.24) is 10.3 Å². The van der Waals surface area contributed by atoms with Gasteiger partial charge in [0.1, 0.15) is 0 Å². The second kappa shape index (κ2) is 4.69. The molecule has 1 aliphatic rings. The molecule has 0 radical (unpaired) electrons. The molecule has 0 spiro atoms. The zero-order valence-electron chi connectivity index (χ0n) is 10.9. The zero-order chi connectivity index (χ0) is 12.5. The highest BCUT2D eigenvalue weighted by Gasteiger charge is 2.43. The summed E-state index contributed by atoms with van der Waals surface area (Å²) >= 11 is 3.43. The van der Waals surface area contributed by atoms with Crippen molar-refractivity contribution in [3.8, 4) is 0 Å². The third-order valence-corrected chi connectivity index (χ3v) is 4.42. The van der Waals surface area contributed by atoms with Gasteiger partial charge in [-0.25, -0.2) is 0 Å². The summed E-state index contributed by atoms with van der Waals surface area (Å²) in [6.45, 7) is 8.10. The summed E-state index contributed by atoms with van der Waals surface area (Å²) < 4.78 is 1.05. The number of aromatic nitrogens is 1. The van der Waals surface area contributed by atoms with E-state index in [1.54, 1.807) is 0 Å². The molecule has 1 fully saturated rings. The minimum atomic E-state index is 0.202. The molecule has 1 aliphatic heterocycles. The summed E-state index contributed by atoms with van der Waals surface area (Å²) in [5, 5.41) is 3.72. The van der Waals surface area contributed by atoms with Crippen LogP contribution in [-0.2, 0) is 6.42 Å². The van der Waals surface area contributed by atoms with Crippen molar-refractivity contribution in [2.24, 2.45) is 5.41 Å². The van der Waals surface area contributed by atoms with Crippen molar-refractivity contribution in [1.29, 1.82) is 0 Å². The van der Waals surface area contributed by atoms with Crippen LogP contribution in [0.2, 0.25) is 0 Å². The first-order chi connectivity index (χ1) is 7.93. The van der Waals surface area contributed by atoms with Crippen LogP contribution in [0, 0.1) is 5.41 Å². The van der Waals surface area contributed by atoms with Crippen molar-refractivity contribution in [3.05, 3.63) is 28.5 Å². The summed E-state index contributed by atoms with van der Waals surface area (Å²) in [5.41, 5.74) is 1.64. The fourth-order valence-electron chi connectivity index (χ4n) is 2.68. The molecular weight excluding hydrogens is 276 g/mol. The van der Waals surface area contributed by atoms with Crippen molar-refractivity contribution in [2.45, 2.75) is 45.6 Å². The Morgan fingerprint density at radius 1 is 1.41 bits per heavy atom. The van der Waals surface area contributed by atoms with E-state index < -0.39 is 0 Å². The number of nitrogens with one attached hydrogen (secondary N) is 1. The number of nitrogens with zero attached hydrogens (tertiary/aromatic N) is 1. The van der Waals surface area contributed by atoms with Crippen LogP contribution in [0.25, 0.3) is 0 Å². The summed E-state index contributed by atoms with van der Waals surface area (Å²) in [6.07, 6.45) is 5.42. The Kier molecular flexibility index (Phi) is 3.60. The topological polar surface area (TPSA) is 24.9 Å². The molecule has 0 amide bonds. The third kappa shape index (κ3) is 2.71. The smallest absolute Gasteiger partial charge is 0.0423 e. The normalized spacial score (nSPS) is 25.2. The van der Waals surface area contributed by atoms with Crippen LogP contribution in [0.5, 0.6) is 0 Å². The lowest BCUT2D eigenvalue weighted by Crippen LogP contribution is -2.52. The van der Waals surface area contributed by atoms with Gasteiger partial charge >= 0.3 is 0 Å². The van der Waals surface area contributed by atoms with Gasteiger partial charge in [0.2, 0.25) is 0 Å². The van der Waals surface area contributed by atoms with Gasteiger partial charge in [-0.1, -0.05) is 20.8 Å². The molecule has 0 bridgehead atoms. The number of rotatable bonds is 2. The maximum absolute atomic E-state index is 4.51. The van der Waals surface area contributed by atoms with E-state index in [9.17, 15) is 0 Å². The molecular formula is C14H21BrN2. The molecule has 1 N–H and O–H groups in total. The van der Waals surface area contributed by atoms with Gasteiger partial charge in [-0.2, -0.15) is 0 Å². The van der Waals surface area contributed by atoms with E-state index in [1.807, 2.05) is 6.20 Å². The van der Waals surface area contributed by atoms with Crippen LogP contribution in [0.4, 0.5) is 0 Å². The Balaban J connectivity index is 2.22. The summed E-state index contributed by atoms with van der Waals surface area (Å²) in [4.78, 5) is 4.51. The molecule has 0 aliphatic carbocycles. The average Bonchev–Trinajstić information content (AvgIpc) is 2.70. The van der Waals surface area contributed by atoms with Gasteiger partial charge in [-0.3, -0.25) is 4.98 Å². The van der Waals surface area contributed by atoms with Crippen LogP contribution >= 0.6 is 15.9 Å². The Labute approximate surface area is 112 Å². The van der Waals surface area contributed by atoms with Gasteiger partial charge in [-0.05, 0) is 52.9 Å². The summed E-state index contributed by atoms with van der Waals surface area (Å²) in [5.74, 6) is 0. The lowest BCUT2D eigenvalue weighted by molar-refractivity contribution is 0.158. The average molecular weight is 297 g/mol. The quantitative estimate of drug-likeness (QED) is 0.903. The predicted octanol–water partition coefficient (Wildman–Crippen LogP) is 3.55. The highest BCUT2D eigenvalue weighted by Crippen LogP contribution is 2.39. The molecule has 1 saturated heterocycles. The zero-order valence-corrected chi connectivity index (χ0v) is 12.5. The van der Waals surface area contributed by atoms with Crippen molar-refractivity contribution < 1.29 is 0 Å². The van der Waals surface area contributed by atoms with Crippen LogP contribution in [-0.4, -0.2) is 17.1 Å². The third-order valence-electron chi connectivity index (χ3n) is 3.95. The maximum Gasteiger partial charge on any atom is 0.0423 e. The number of hydrogen-bond donors (Lipinski definition) is 1. The van der Waals surface area contributed by atoms with Gasteiger partial charge in [0.25, 0.3) is 0 Å². The Morgan fingerprint density at radius 3 is 2.65 bits per heavy atom. The number of halogens is 1. The highest BCUT2D eigenvalue weighted by molar-refractivity contribution is 9.10. The maximum atomic E-state index is 4.51. The minimum absolute atomic E-state index is 0.202.